The Morgan fingerprint density at radius 1 is 1.04 bits per heavy atom. The molecule has 0 saturated carbocycles. The average Bonchev–Trinajstić information content (AvgIpc) is 2.63. The molecule has 0 atom stereocenters. The van der Waals surface area contributed by atoms with Crippen molar-refractivity contribution in [3.05, 3.63) is 35.9 Å². The standard InChI is InChI=1S/C16H20F2N6S.C2H6/c17-11-1-2-13(12(18)9-11)24-5-3-23(4-6-24)7-8-25-15-10-14(19)21-16(20)22-15;1-2/h1-2,9-10H,3-8H2,(H4,19,20,21,22);1-2H3. The molecule has 1 fully saturated rings. The van der Waals surface area contributed by atoms with Crippen LogP contribution in [0, 0.1) is 11.6 Å². The molecule has 148 valence electrons. The topological polar surface area (TPSA) is 84.3 Å². The van der Waals surface area contributed by atoms with E-state index >= 15 is 0 Å². The van der Waals surface area contributed by atoms with Gasteiger partial charge >= 0.3 is 0 Å². The normalized spacial score (nSPS) is 14.6. The molecule has 0 bridgehead atoms. The molecule has 0 aliphatic carbocycles. The molecule has 0 amide bonds. The smallest absolute Gasteiger partial charge is 0.223 e. The summed E-state index contributed by atoms with van der Waals surface area (Å²) in [7, 11) is 0. The number of thioether (sulfide) groups is 1. The molecule has 2 aromatic rings. The second-order valence-electron chi connectivity index (χ2n) is 5.76. The van der Waals surface area contributed by atoms with Crippen LogP contribution < -0.4 is 16.4 Å². The Hall–Kier alpha value is -2.13. The molecule has 1 aromatic heterocycles. The number of hydrogen-bond donors (Lipinski definition) is 2. The van der Waals surface area contributed by atoms with Gasteiger partial charge in [-0.3, -0.25) is 4.90 Å². The third-order valence-corrected chi connectivity index (χ3v) is 4.91. The van der Waals surface area contributed by atoms with Crippen LogP contribution >= 0.6 is 11.8 Å². The fourth-order valence-electron chi connectivity index (χ4n) is 2.76. The molecule has 1 aromatic carbocycles. The zero-order valence-electron chi connectivity index (χ0n) is 15.7. The van der Waals surface area contributed by atoms with E-state index in [2.05, 4.69) is 14.9 Å². The fourth-order valence-corrected chi connectivity index (χ4v) is 3.69. The summed E-state index contributed by atoms with van der Waals surface area (Å²) in [5.41, 5.74) is 11.7. The van der Waals surface area contributed by atoms with Crippen molar-refractivity contribution in [1.82, 2.24) is 14.9 Å². The minimum absolute atomic E-state index is 0.178. The first kappa shape index (κ1) is 21.2. The predicted molar refractivity (Wildman–Crippen MR) is 108 cm³/mol. The van der Waals surface area contributed by atoms with Crippen molar-refractivity contribution in [2.24, 2.45) is 0 Å². The summed E-state index contributed by atoms with van der Waals surface area (Å²) < 4.78 is 26.9. The van der Waals surface area contributed by atoms with E-state index in [4.69, 9.17) is 11.5 Å². The lowest BCUT2D eigenvalue weighted by atomic mass is 10.2. The summed E-state index contributed by atoms with van der Waals surface area (Å²) in [5.74, 6) is 0.328. The number of nitrogens with zero attached hydrogens (tertiary/aromatic N) is 4. The van der Waals surface area contributed by atoms with Gasteiger partial charge in [0.15, 0.2) is 0 Å². The number of nitrogens with two attached hydrogens (primary N) is 2. The molecular weight excluding hydrogens is 370 g/mol. The number of halogens is 2. The highest BCUT2D eigenvalue weighted by molar-refractivity contribution is 7.99. The molecule has 1 aliphatic rings. The van der Waals surface area contributed by atoms with Gasteiger partial charge in [0.2, 0.25) is 5.95 Å². The van der Waals surface area contributed by atoms with Gasteiger partial charge in [-0.15, -0.1) is 11.8 Å². The third-order valence-electron chi connectivity index (χ3n) is 4.02. The Morgan fingerprint density at radius 3 is 2.37 bits per heavy atom. The number of aromatic nitrogens is 2. The molecule has 4 N–H and O–H groups in total. The Balaban J connectivity index is 0.00000126. The van der Waals surface area contributed by atoms with Gasteiger partial charge in [-0.25, -0.2) is 13.8 Å². The van der Waals surface area contributed by atoms with E-state index in [9.17, 15) is 8.78 Å². The second-order valence-corrected chi connectivity index (χ2v) is 6.88. The molecule has 2 heterocycles. The summed E-state index contributed by atoms with van der Waals surface area (Å²) >= 11 is 1.58. The number of nitrogen functional groups attached to an aromatic ring is 2. The van der Waals surface area contributed by atoms with Crippen LogP contribution in [0.25, 0.3) is 0 Å². The van der Waals surface area contributed by atoms with Gasteiger partial charge in [0.1, 0.15) is 22.5 Å². The van der Waals surface area contributed by atoms with E-state index in [1.807, 2.05) is 18.7 Å². The lowest BCUT2D eigenvalue weighted by Crippen LogP contribution is -2.47. The van der Waals surface area contributed by atoms with Crippen molar-refractivity contribution in [2.75, 3.05) is 54.8 Å². The number of rotatable bonds is 5. The van der Waals surface area contributed by atoms with Crippen LogP contribution in [-0.4, -0.2) is 53.3 Å². The van der Waals surface area contributed by atoms with Gasteiger partial charge < -0.3 is 16.4 Å². The van der Waals surface area contributed by atoms with Crippen LogP contribution in [0.1, 0.15) is 13.8 Å². The minimum Gasteiger partial charge on any atom is -0.383 e. The quantitative estimate of drug-likeness (QED) is 0.594. The highest BCUT2D eigenvalue weighted by Crippen LogP contribution is 2.22. The molecule has 0 radical (unpaired) electrons. The average molecular weight is 397 g/mol. The summed E-state index contributed by atoms with van der Waals surface area (Å²) in [6, 6.07) is 5.42. The molecule has 3 rings (SSSR count). The van der Waals surface area contributed by atoms with E-state index < -0.39 is 11.6 Å². The number of anilines is 3. The number of piperazine rings is 1. The Morgan fingerprint density at radius 2 is 1.74 bits per heavy atom. The van der Waals surface area contributed by atoms with Crippen molar-refractivity contribution in [2.45, 2.75) is 18.9 Å². The van der Waals surface area contributed by atoms with Crippen LogP contribution in [0.4, 0.5) is 26.2 Å². The van der Waals surface area contributed by atoms with Crippen molar-refractivity contribution >= 4 is 29.2 Å². The summed E-state index contributed by atoms with van der Waals surface area (Å²) in [6.45, 7) is 7.95. The first-order valence-corrected chi connectivity index (χ1v) is 9.95. The maximum Gasteiger partial charge on any atom is 0.223 e. The Kier molecular flexibility index (Phi) is 8.05. The van der Waals surface area contributed by atoms with Gasteiger partial charge in [-0.2, -0.15) is 4.98 Å². The largest absolute Gasteiger partial charge is 0.383 e. The molecule has 0 spiro atoms. The van der Waals surface area contributed by atoms with E-state index in [0.29, 0.717) is 24.6 Å². The van der Waals surface area contributed by atoms with Gasteiger partial charge in [0.05, 0.1) is 5.69 Å². The molecule has 6 nitrogen and oxygen atoms in total. The molecule has 27 heavy (non-hydrogen) atoms. The van der Waals surface area contributed by atoms with E-state index in [1.165, 1.54) is 12.1 Å². The summed E-state index contributed by atoms with van der Waals surface area (Å²) in [5, 5.41) is 0.761. The Bertz CT molecular complexity index is 718. The number of benzene rings is 1. The predicted octanol–water partition coefficient (Wildman–Crippen LogP) is 2.86. The maximum atomic E-state index is 13.9. The lowest BCUT2D eigenvalue weighted by Gasteiger charge is -2.36. The molecule has 0 unspecified atom stereocenters. The first-order valence-electron chi connectivity index (χ1n) is 8.96. The van der Waals surface area contributed by atoms with Crippen LogP contribution in [0.3, 0.4) is 0 Å². The highest BCUT2D eigenvalue weighted by atomic mass is 32.2. The summed E-state index contributed by atoms with van der Waals surface area (Å²) in [4.78, 5) is 12.2. The van der Waals surface area contributed by atoms with Crippen LogP contribution in [-0.2, 0) is 0 Å². The first-order chi connectivity index (χ1) is 13.0. The SMILES string of the molecule is CC.Nc1cc(SCCN2CCN(c3ccc(F)cc3F)CC2)nc(N)n1. The van der Waals surface area contributed by atoms with Crippen LogP contribution in [0.5, 0.6) is 0 Å². The van der Waals surface area contributed by atoms with E-state index in [0.717, 1.165) is 36.5 Å². The van der Waals surface area contributed by atoms with Gasteiger partial charge in [-0.05, 0) is 12.1 Å². The highest BCUT2D eigenvalue weighted by Gasteiger charge is 2.19. The van der Waals surface area contributed by atoms with Crippen LogP contribution in [0.15, 0.2) is 29.3 Å². The maximum absolute atomic E-state index is 13.9. The van der Waals surface area contributed by atoms with E-state index in [-0.39, 0.29) is 5.95 Å². The zero-order valence-corrected chi connectivity index (χ0v) is 16.5. The van der Waals surface area contributed by atoms with E-state index in [1.54, 1.807) is 17.8 Å². The van der Waals surface area contributed by atoms with Crippen molar-refractivity contribution in [3.63, 3.8) is 0 Å². The number of hydrogen-bond acceptors (Lipinski definition) is 7. The van der Waals surface area contributed by atoms with Gasteiger partial charge in [0.25, 0.3) is 0 Å². The molecule has 1 aliphatic heterocycles. The Labute approximate surface area is 163 Å². The van der Waals surface area contributed by atoms with Crippen molar-refractivity contribution in [1.29, 1.82) is 0 Å². The third kappa shape index (κ3) is 6.21. The zero-order chi connectivity index (χ0) is 19.8. The van der Waals surface area contributed by atoms with Gasteiger partial charge in [-0.1, -0.05) is 13.8 Å². The second kappa shape index (κ2) is 10.3. The lowest BCUT2D eigenvalue weighted by molar-refractivity contribution is 0.272. The van der Waals surface area contributed by atoms with Crippen LogP contribution in [0.2, 0.25) is 0 Å². The monoisotopic (exact) mass is 396 g/mol. The van der Waals surface area contributed by atoms with Crippen molar-refractivity contribution in [3.8, 4) is 0 Å². The molecular formula is C18H26F2N6S. The summed E-state index contributed by atoms with van der Waals surface area (Å²) in [6.07, 6.45) is 0. The molecule has 9 heteroatoms. The van der Waals surface area contributed by atoms with Gasteiger partial charge in [0, 0.05) is 50.6 Å². The van der Waals surface area contributed by atoms with Crippen molar-refractivity contribution < 1.29 is 8.78 Å². The fraction of sp³-hybridized carbons (Fsp3) is 0.444. The molecule has 1 saturated heterocycles. The minimum atomic E-state index is -0.553.